The molecule has 0 aromatic heterocycles. The topological polar surface area (TPSA) is 104 Å². The van der Waals surface area contributed by atoms with Gasteiger partial charge in [0.25, 0.3) is 5.91 Å². The second kappa shape index (κ2) is 9.48. The molecule has 0 aliphatic carbocycles. The van der Waals surface area contributed by atoms with E-state index in [-0.39, 0.29) is 22.6 Å². The highest BCUT2D eigenvalue weighted by Gasteiger charge is 2.13. The number of sulfonamides is 1. The van der Waals surface area contributed by atoms with Gasteiger partial charge >= 0.3 is 0 Å². The minimum absolute atomic E-state index is 0.0966. The lowest BCUT2D eigenvalue weighted by molar-refractivity contribution is -0.118. The van der Waals surface area contributed by atoms with Crippen molar-refractivity contribution < 1.29 is 18.0 Å². The van der Waals surface area contributed by atoms with E-state index < -0.39 is 10.0 Å². The normalized spacial score (nSPS) is 11.3. The Bertz CT molecular complexity index is 921. The molecule has 2 amide bonds. The van der Waals surface area contributed by atoms with Crippen LogP contribution in [0.1, 0.15) is 37.6 Å². The number of hydrogen-bond donors (Lipinski definition) is 3. The first-order valence-corrected chi connectivity index (χ1v) is 10.5. The van der Waals surface area contributed by atoms with Crippen LogP contribution in [0.4, 0.5) is 11.4 Å². The Balaban J connectivity index is 2.02. The maximum absolute atomic E-state index is 12.3. The third kappa shape index (κ3) is 5.90. The molecule has 2 aromatic rings. The number of carbonyl (C=O) groups is 2. The number of benzene rings is 2. The van der Waals surface area contributed by atoms with Gasteiger partial charge in [0.15, 0.2) is 0 Å². The minimum atomic E-state index is -3.54. The molecule has 0 spiro atoms. The SMILES string of the molecule is CCCNS(=O)(=O)c1ccc(NC(=O)c2ccc(NC(=O)C(C)C)cc2)cc1. The van der Waals surface area contributed by atoms with Crippen LogP contribution in [0.25, 0.3) is 0 Å². The highest BCUT2D eigenvalue weighted by molar-refractivity contribution is 7.89. The van der Waals surface area contributed by atoms with Gasteiger partial charge < -0.3 is 10.6 Å². The first-order chi connectivity index (χ1) is 13.2. The average Bonchev–Trinajstić information content (AvgIpc) is 2.67. The van der Waals surface area contributed by atoms with Crippen LogP contribution in [0, 0.1) is 5.92 Å². The van der Waals surface area contributed by atoms with E-state index in [4.69, 9.17) is 0 Å². The molecular weight excluding hydrogens is 378 g/mol. The lowest BCUT2D eigenvalue weighted by atomic mass is 10.1. The first kappa shape index (κ1) is 21.6. The van der Waals surface area contributed by atoms with Gasteiger partial charge in [-0.3, -0.25) is 9.59 Å². The van der Waals surface area contributed by atoms with Crippen LogP contribution in [-0.2, 0) is 14.8 Å². The molecule has 0 saturated carbocycles. The zero-order chi connectivity index (χ0) is 20.7. The number of hydrogen-bond acceptors (Lipinski definition) is 4. The summed E-state index contributed by atoms with van der Waals surface area (Å²) in [5, 5.41) is 5.48. The van der Waals surface area contributed by atoms with Crippen LogP contribution in [0.15, 0.2) is 53.4 Å². The van der Waals surface area contributed by atoms with Crippen LogP contribution >= 0.6 is 0 Å². The summed E-state index contributed by atoms with van der Waals surface area (Å²) in [6.07, 6.45) is 0.702. The maximum Gasteiger partial charge on any atom is 0.255 e. The molecule has 0 heterocycles. The van der Waals surface area contributed by atoms with Gasteiger partial charge in [0.1, 0.15) is 0 Å². The summed E-state index contributed by atoms with van der Waals surface area (Å²) in [4.78, 5) is 24.2. The summed E-state index contributed by atoms with van der Waals surface area (Å²) < 4.78 is 26.6. The molecule has 0 atom stereocenters. The second-order valence-corrected chi connectivity index (χ2v) is 8.36. The fourth-order valence-electron chi connectivity index (χ4n) is 2.23. The predicted molar refractivity (Wildman–Crippen MR) is 110 cm³/mol. The Morgan fingerprint density at radius 3 is 1.96 bits per heavy atom. The zero-order valence-corrected chi connectivity index (χ0v) is 17.0. The Labute approximate surface area is 165 Å². The minimum Gasteiger partial charge on any atom is -0.326 e. The van der Waals surface area contributed by atoms with Crippen molar-refractivity contribution in [3.63, 3.8) is 0 Å². The average molecular weight is 404 g/mol. The van der Waals surface area contributed by atoms with Crippen molar-refractivity contribution in [2.45, 2.75) is 32.1 Å². The van der Waals surface area contributed by atoms with Gasteiger partial charge in [-0.15, -0.1) is 0 Å². The van der Waals surface area contributed by atoms with Crippen LogP contribution in [0.2, 0.25) is 0 Å². The third-order valence-electron chi connectivity index (χ3n) is 3.90. The van der Waals surface area contributed by atoms with Crippen molar-refractivity contribution in [3.8, 4) is 0 Å². The van der Waals surface area contributed by atoms with Crippen molar-refractivity contribution in [3.05, 3.63) is 54.1 Å². The largest absolute Gasteiger partial charge is 0.326 e. The van der Waals surface area contributed by atoms with Crippen LogP contribution in [0.3, 0.4) is 0 Å². The van der Waals surface area contributed by atoms with Gasteiger partial charge in [-0.05, 0) is 55.0 Å². The fourth-order valence-corrected chi connectivity index (χ4v) is 3.37. The Morgan fingerprint density at radius 1 is 0.893 bits per heavy atom. The molecule has 28 heavy (non-hydrogen) atoms. The van der Waals surface area contributed by atoms with Crippen LogP contribution in [-0.4, -0.2) is 26.8 Å². The zero-order valence-electron chi connectivity index (χ0n) is 16.2. The van der Waals surface area contributed by atoms with E-state index in [0.717, 1.165) is 0 Å². The molecule has 150 valence electrons. The van der Waals surface area contributed by atoms with E-state index >= 15 is 0 Å². The summed E-state index contributed by atoms with van der Waals surface area (Å²) in [5.41, 5.74) is 1.52. The van der Waals surface area contributed by atoms with E-state index in [1.165, 1.54) is 24.3 Å². The van der Waals surface area contributed by atoms with Gasteiger partial charge in [-0.1, -0.05) is 20.8 Å². The molecule has 0 saturated heterocycles. The van der Waals surface area contributed by atoms with Crippen LogP contribution < -0.4 is 15.4 Å². The Hall–Kier alpha value is -2.71. The molecule has 0 radical (unpaired) electrons. The lowest BCUT2D eigenvalue weighted by Gasteiger charge is -2.10. The smallest absolute Gasteiger partial charge is 0.255 e. The van der Waals surface area contributed by atoms with Gasteiger partial charge in [-0.2, -0.15) is 0 Å². The molecule has 0 aliphatic rings. The highest BCUT2D eigenvalue weighted by atomic mass is 32.2. The fraction of sp³-hybridized carbons (Fsp3) is 0.300. The third-order valence-corrected chi connectivity index (χ3v) is 5.38. The summed E-state index contributed by atoms with van der Waals surface area (Å²) >= 11 is 0. The van der Waals surface area contributed by atoms with Gasteiger partial charge in [0.2, 0.25) is 15.9 Å². The van der Waals surface area contributed by atoms with Crippen molar-refractivity contribution >= 4 is 33.2 Å². The molecule has 0 bridgehead atoms. The lowest BCUT2D eigenvalue weighted by Crippen LogP contribution is -2.24. The van der Waals surface area contributed by atoms with E-state index in [9.17, 15) is 18.0 Å². The standard InChI is InChI=1S/C20H25N3O4S/c1-4-13-21-28(26,27)18-11-9-17(10-12-18)23-20(25)15-5-7-16(8-6-15)22-19(24)14(2)3/h5-12,14,21H,4,13H2,1-3H3,(H,22,24)(H,23,25). The molecule has 7 nitrogen and oxygen atoms in total. The molecule has 0 fully saturated rings. The monoisotopic (exact) mass is 403 g/mol. The molecule has 0 aliphatic heterocycles. The molecule has 2 rings (SSSR count). The van der Waals surface area contributed by atoms with Gasteiger partial charge in [0, 0.05) is 29.4 Å². The van der Waals surface area contributed by atoms with Gasteiger partial charge in [0.05, 0.1) is 4.90 Å². The Kier molecular flexibility index (Phi) is 7.31. The van der Waals surface area contributed by atoms with E-state index in [0.29, 0.717) is 29.9 Å². The number of rotatable bonds is 8. The van der Waals surface area contributed by atoms with Crippen LogP contribution in [0.5, 0.6) is 0 Å². The summed E-state index contributed by atoms with van der Waals surface area (Å²) in [6, 6.07) is 12.5. The van der Waals surface area contributed by atoms with Crippen molar-refractivity contribution in [1.29, 1.82) is 0 Å². The van der Waals surface area contributed by atoms with E-state index in [2.05, 4.69) is 15.4 Å². The summed E-state index contributed by atoms with van der Waals surface area (Å²) in [5.74, 6) is -0.561. The summed E-state index contributed by atoms with van der Waals surface area (Å²) in [6.45, 7) is 5.85. The second-order valence-electron chi connectivity index (χ2n) is 6.60. The molecular formula is C20H25N3O4S. The molecule has 2 aromatic carbocycles. The van der Waals surface area contributed by atoms with Crippen molar-refractivity contribution in [2.24, 2.45) is 5.92 Å². The van der Waals surface area contributed by atoms with Crippen molar-refractivity contribution in [2.75, 3.05) is 17.2 Å². The maximum atomic E-state index is 12.3. The van der Waals surface area contributed by atoms with E-state index in [1.54, 1.807) is 38.1 Å². The molecule has 0 unspecified atom stereocenters. The quantitative estimate of drug-likeness (QED) is 0.629. The molecule has 8 heteroatoms. The first-order valence-electron chi connectivity index (χ1n) is 9.05. The number of anilines is 2. The van der Waals surface area contributed by atoms with E-state index in [1.807, 2.05) is 6.92 Å². The predicted octanol–water partition coefficient (Wildman–Crippen LogP) is 3.22. The highest BCUT2D eigenvalue weighted by Crippen LogP contribution is 2.16. The van der Waals surface area contributed by atoms with Gasteiger partial charge in [-0.25, -0.2) is 13.1 Å². The Morgan fingerprint density at radius 2 is 1.43 bits per heavy atom. The number of amides is 2. The number of nitrogens with one attached hydrogen (secondary N) is 3. The molecule has 3 N–H and O–H groups in total. The summed E-state index contributed by atoms with van der Waals surface area (Å²) in [7, 11) is -3.54. The van der Waals surface area contributed by atoms with Crippen molar-refractivity contribution in [1.82, 2.24) is 4.72 Å². The number of carbonyl (C=O) groups excluding carboxylic acids is 2.